The molecule has 1 unspecified atom stereocenters. The van der Waals surface area contributed by atoms with Crippen LogP contribution in [0.1, 0.15) is 29.7 Å². The molecule has 0 bridgehead atoms. The van der Waals surface area contributed by atoms with Crippen LogP contribution in [0, 0.1) is 0 Å². The van der Waals surface area contributed by atoms with Gasteiger partial charge in [0.1, 0.15) is 6.10 Å². The minimum absolute atomic E-state index is 0.526. The second-order valence-corrected chi connectivity index (χ2v) is 3.64. The van der Waals surface area contributed by atoms with Crippen LogP contribution < -0.4 is 0 Å². The van der Waals surface area contributed by atoms with Crippen LogP contribution in [0.25, 0.3) is 0 Å². The highest BCUT2D eigenvalue weighted by molar-refractivity contribution is 5.30. The van der Waals surface area contributed by atoms with Gasteiger partial charge in [0.2, 0.25) is 0 Å². The number of hydrogen-bond donors (Lipinski definition) is 2. The number of H-pyrrole nitrogens is 1. The summed E-state index contributed by atoms with van der Waals surface area (Å²) in [5.41, 5.74) is 3.13. The molecule has 1 aromatic heterocycles. The fourth-order valence-corrected chi connectivity index (χ4v) is 1.63. The van der Waals surface area contributed by atoms with Crippen LogP contribution in [0.4, 0.5) is 0 Å². The normalized spacial score (nSPS) is 12.7. The summed E-state index contributed by atoms with van der Waals surface area (Å²) in [4.78, 5) is 2.94. The maximum atomic E-state index is 10.0. The molecule has 0 aliphatic heterocycles. The third-order valence-corrected chi connectivity index (χ3v) is 2.64. The Hall–Kier alpha value is -1.54. The van der Waals surface area contributed by atoms with Crippen LogP contribution in [0.5, 0.6) is 0 Å². The first-order chi connectivity index (χ1) is 7.31. The summed E-state index contributed by atoms with van der Waals surface area (Å²) in [7, 11) is 0. The van der Waals surface area contributed by atoms with Crippen LogP contribution in [-0.4, -0.2) is 10.1 Å². The van der Waals surface area contributed by atoms with Gasteiger partial charge < -0.3 is 10.1 Å². The lowest BCUT2D eigenvalue weighted by molar-refractivity contribution is 0.220. The number of aromatic amines is 1. The highest BCUT2D eigenvalue weighted by Gasteiger charge is 2.09. The lowest BCUT2D eigenvalue weighted by Gasteiger charge is -2.09. The second-order valence-electron chi connectivity index (χ2n) is 3.64. The molecule has 2 nitrogen and oxygen atoms in total. The molecular formula is C13H15NO. The van der Waals surface area contributed by atoms with Gasteiger partial charge in [-0.2, -0.15) is 0 Å². The molecule has 0 saturated carbocycles. The zero-order valence-corrected chi connectivity index (χ0v) is 8.77. The van der Waals surface area contributed by atoms with E-state index >= 15 is 0 Å². The zero-order chi connectivity index (χ0) is 10.7. The summed E-state index contributed by atoms with van der Waals surface area (Å²) in [5, 5.41) is 10.0. The summed E-state index contributed by atoms with van der Waals surface area (Å²) in [6.07, 6.45) is 4.14. The lowest BCUT2D eigenvalue weighted by atomic mass is 10.0. The summed E-state index contributed by atoms with van der Waals surface area (Å²) >= 11 is 0. The van der Waals surface area contributed by atoms with Gasteiger partial charge in [-0.05, 0) is 23.6 Å². The summed E-state index contributed by atoms with van der Waals surface area (Å²) in [6, 6.07) is 9.97. The number of aromatic nitrogens is 1. The molecule has 0 amide bonds. The Morgan fingerprint density at radius 3 is 2.40 bits per heavy atom. The highest BCUT2D eigenvalue weighted by atomic mass is 16.3. The molecule has 1 heterocycles. The molecule has 0 aliphatic carbocycles. The van der Waals surface area contributed by atoms with Crippen molar-refractivity contribution in [1.82, 2.24) is 4.98 Å². The van der Waals surface area contributed by atoms with Gasteiger partial charge in [-0.25, -0.2) is 0 Å². The van der Waals surface area contributed by atoms with Gasteiger partial charge in [0.15, 0.2) is 0 Å². The molecule has 0 spiro atoms. The van der Waals surface area contributed by atoms with Crippen LogP contribution in [0.3, 0.4) is 0 Å². The Balaban J connectivity index is 2.22. The predicted octanol–water partition coefficient (Wildman–Crippen LogP) is 2.66. The van der Waals surface area contributed by atoms with Crippen LogP contribution in [-0.2, 0) is 6.42 Å². The quantitative estimate of drug-likeness (QED) is 0.786. The molecule has 2 rings (SSSR count). The van der Waals surface area contributed by atoms with Crippen molar-refractivity contribution in [2.75, 3.05) is 0 Å². The van der Waals surface area contributed by atoms with Crippen molar-refractivity contribution in [2.45, 2.75) is 19.4 Å². The van der Waals surface area contributed by atoms with E-state index in [4.69, 9.17) is 0 Å². The molecule has 2 heteroatoms. The van der Waals surface area contributed by atoms with Crippen LogP contribution in [0.2, 0.25) is 0 Å². The van der Waals surface area contributed by atoms with Gasteiger partial charge >= 0.3 is 0 Å². The van der Waals surface area contributed by atoms with Crippen molar-refractivity contribution in [3.63, 3.8) is 0 Å². The maximum absolute atomic E-state index is 10.0. The molecule has 78 valence electrons. The van der Waals surface area contributed by atoms with E-state index in [1.165, 1.54) is 5.56 Å². The van der Waals surface area contributed by atoms with Gasteiger partial charge in [-0.1, -0.05) is 31.2 Å². The Morgan fingerprint density at radius 2 is 1.87 bits per heavy atom. The van der Waals surface area contributed by atoms with Gasteiger partial charge in [-0.15, -0.1) is 0 Å². The standard InChI is InChI=1S/C13H15NO/c1-2-10-3-5-11(6-4-10)13(15)12-7-8-14-9-12/h3-9,13-15H,2H2,1H3. The smallest absolute Gasteiger partial charge is 0.105 e. The molecular weight excluding hydrogens is 186 g/mol. The van der Waals surface area contributed by atoms with Gasteiger partial charge in [0.25, 0.3) is 0 Å². The number of rotatable bonds is 3. The van der Waals surface area contributed by atoms with Gasteiger partial charge in [-0.3, -0.25) is 0 Å². The fraction of sp³-hybridized carbons (Fsp3) is 0.231. The van der Waals surface area contributed by atoms with E-state index in [1.807, 2.05) is 30.6 Å². The Morgan fingerprint density at radius 1 is 1.13 bits per heavy atom. The third kappa shape index (κ3) is 2.10. The molecule has 0 fully saturated rings. The van der Waals surface area contributed by atoms with E-state index in [-0.39, 0.29) is 0 Å². The number of aliphatic hydroxyl groups excluding tert-OH is 1. The first-order valence-electron chi connectivity index (χ1n) is 5.21. The first-order valence-corrected chi connectivity index (χ1v) is 5.21. The third-order valence-electron chi connectivity index (χ3n) is 2.64. The van der Waals surface area contributed by atoms with E-state index in [1.54, 1.807) is 0 Å². The van der Waals surface area contributed by atoms with E-state index in [0.29, 0.717) is 0 Å². The van der Waals surface area contributed by atoms with E-state index in [9.17, 15) is 5.11 Å². The van der Waals surface area contributed by atoms with Crippen molar-refractivity contribution in [1.29, 1.82) is 0 Å². The summed E-state index contributed by atoms with van der Waals surface area (Å²) < 4.78 is 0. The minimum Gasteiger partial charge on any atom is -0.384 e. The minimum atomic E-state index is -0.526. The Labute approximate surface area is 89.6 Å². The topological polar surface area (TPSA) is 36.0 Å². The number of nitrogens with one attached hydrogen (secondary N) is 1. The monoisotopic (exact) mass is 201 g/mol. The molecule has 0 radical (unpaired) electrons. The molecule has 1 atom stereocenters. The summed E-state index contributed by atoms with van der Waals surface area (Å²) in [5.74, 6) is 0. The average Bonchev–Trinajstić information content (AvgIpc) is 2.82. The molecule has 2 N–H and O–H groups in total. The Bertz CT molecular complexity index is 403. The molecule has 15 heavy (non-hydrogen) atoms. The largest absolute Gasteiger partial charge is 0.384 e. The second kappa shape index (κ2) is 4.32. The SMILES string of the molecule is CCc1ccc(C(O)c2cc[nH]c2)cc1. The predicted molar refractivity (Wildman–Crippen MR) is 60.7 cm³/mol. The van der Waals surface area contributed by atoms with Crippen LogP contribution in [0.15, 0.2) is 42.7 Å². The van der Waals surface area contributed by atoms with Gasteiger partial charge in [0, 0.05) is 18.0 Å². The number of hydrogen-bond acceptors (Lipinski definition) is 1. The fourth-order valence-electron chi connectivity index (χ4n) is 1.63. The highest BCUT2D eigenvalue weighted by Crippen LogP contribution is 2.21. The van der Waals surface area contributed by atoms with Gasteiger partial charge in [0.05, 0.1) is 0 Å². The van der Waals surface area contributed by atoms with Crippen molar-refractivity contribution in [3.8, 4) is 0 Å². The van der Waals surface area contributed by atoms with Crippen molar-refractivity contribution >= 4 is 0 Å². The summed E-state index contributed by atoms with van der Waals surface area (Å²) in [6.45, 7) is 2.12. The molecule has 0 aliphatic rings. The molecule has 1 aromatic carbocycles. The lowest BCUT2D eigenvalue weighted by Crippen LogP contribution is -1.97. The maximum Gasteiger partial charge on any atom is 0.105 e. The zero-order valence-electron chi connectivity index (χ0n) is 8.77. The van der Waals surface area contributed by atoms with Crippen molar-refractivity contribution in [3.05, 3.63) is 59.4 Å². The molecule has 0 saturated heterocycles. The number of aliphatic hydroxyl groups is 1. The van der Waals surface area contributed by atoms with Crippen molar-refractivity contribution in [2.24, 2.45) is 0 Å². The Kier molecular flexibility index (Phi) is 2.88. The van der Waals surface area contributed by atoms with Crippen molar-refractivity contribution < 1.29 is 5.11 Å². The number of benzene rings is 1. The first kappa shape index (κ1) is 9.99. The van der Waals surface area contributed by atoms with E-state index in [0.717, 1.165) is 17.5 Å². The number of aryl methyl sites for hydroxylation is 1. The molecule has 2 aromatic rings. The van der Waals surface area contributed by atoms with E-state index < -0.39 is 6.10 Å². The van der Waals surface area contributed by atoms with E-state index in [2.05, 4.69) is 24.0 Å². The van der Waals surface area contributed by atoms with Crippen LogP contribution >= 0.6 is 0 Å². The average molecular weight is 201 g/mol.